The number of rotatable bonds is 6. The van der Waals surface area contributed by atoms with Crippen LogP contribution in [0.15, 0.2) is 30.3 Å². The Morgan fingerprint density at radius 1 is 1.22 bits per heavy atom. The molecular weight excluding hydrogens is 343 g/mol. The molecule has 1 heterocycles. The highest BCUT2D eigenvalue weighted by Gasteiger charge is 2.41. The van der Waals surface area contributed by atoms with Crippen LogP contribution in [0.5, 0.6) is 0 Å². The number of amides is 1. The highest BCUT2D eigenvalue weighted by molar-refractivity contribution is 5.69. The van der Waals surface area contributed by atoms with Crippen LogP contribution in [0.2, 0.25) is 0 Å². The molecule has 150 valence electrons. The van der Waals surface area contributed by atoms with Crippen molar-refractivity contribution in [1.29, 1.82) is 0 Å². The van der Waals surface area contributed by atoms with E-state index in [0.29, 0.717) is 6.54 Å². The number of alkyl halides is 1. The fourth-order valence-electron chi connectivity index (χ4n) is 3.95. The molecule has 1 aliphatic carbocycles. The van der Waals surface area contributed by atoms with Gasteiger partial charge in [0.15, 0.2) is 0 Å². The molecule has 1 aliphatic heterocycles. The van der Waals surface area contributed by atoms with Gasteiger partial charge in [0.25, 0.3) is 0 Å². The number of halogens is 1. The van der Waals surface area contributed by atoms with Gasteiger partial charge in [0.2, 0.25) is 0 Å². The number of hydrogen-bond acceptors (Lipinski definition) is 3. The maximum Gasteiger partial charge on any atom is 0.410 e. The van der Waals surface area contributed by atoms with Crippen molar-refractivity contribution < 1.29 is 13.9 Å². The summed E-state index contributed by atoms with van der Waals surface area (Å²) in [6.07, 6.45) is 1.80. The minimum absolute atomic E-state index is 0.0279. The quantitative estimate of drug-likeness (QED) is 0.724. The summed E-state index contributed by atoms with van der Waals surface area (Å²) in [4.78, 5) is 16.9. The smallest absolute Gasteiger partial charge is 0.410 e. The largest absolute Gasteiger partial charge is 0.444 e. The third-order valence-electron chi connectivity index (χ3n) is 5.68. The standard InChI is InChI=1S/C22H33FN2O2/c1-16(17-8-6-5-7-9-17)24-13-18(12-23)19(14-24)15-25(20-10-11-20)21(26)27-22(2,3)4/h5-9,16,18-20H,10-15H2,1-4H3/t16-,18+,19+/m0/s1. The average molecular weight is 377 g/mol. The van der Waals surface area contributed by atoms with Crippen LogP contribution in [0.4, 0.5) is 9.18 Å². The van der Waals surface area contributed by atoms with E-state index in [0.717, 1.165) is 25.9 Å². The van der Waals surface area contributed by atoms with Crippen LogP contribution in [-0.4, -0.2) is 53.8 Å². The summed E-state index contributed by atoms with van der Waals surface area (Å²) in [5.41, 5.74) is 0.745. The lowest BCUT2D eigenvalue weighted by Gasteiger charge is -2.30. The lowest BCUT2D eigenvalue weighted by molar-refractivity contribution is 0.0189. The first-order valence-electron chi connectivity index (χ1n) is 10.1. The van der Waals surface area contributed by atoms with Gasteiger partial charge in [-0.15, -0.1) is 0 Å². The van der Waals surface area contributed by atoms with Crippen LogP contribution in [-0.2, 0) is 4.74 Å². The van der Waals surface area contributed by atoms with Gasteiger partial charge < -0.3 is 9.64 Å². The normalized spacial score (nSPS) is 24.6. The number of nitrogens with zero attached hydrogens (tertiary/aromatic N) is 2. The van der Waals surface area contributed by atoms with Gasteiger partial charge in [-0.2, -0.15) is 0 Å². The molecule has 0 bridgehead atoms. The molecule has 1 saturated carbocycles. The molecule has 3 atom stereocenters. The van der Waals surface area contributed by atoms with Gasteiger partial charge in [-0.3, -0.25) is 9.29 Å². The van der Waals surface area contributed by atoms with Crippen LogP contribution < -0.4 is 0 Å². The van der Waals surface area contributed by atoms with Crippen molar-refractivity contribution in [2.45, 2.75) is 58.2 Å². The molecule has 4 nitrogen and oxygen atoms in total. The van der Waals surface area contributed by atoms with Gasteiger partial charge in [-0.25, -0.2) is 4.79 Å². The summed E-state index contributed by atoms with van der Waals surface area (Å²) < 4.78 is 19.4. The van der Waals surface area contributed by atoms with Gasteiger partial charge in [0, 0.05) is 37.6 Å². The third-order valence-corrected chi connectivity index (χ3v) is 5.68. The van der Waals surface area contributed by atoms with Gasteiger partial charge in [-0.05, 0) is 52.0 Å². The zero-order valence-electron chi connectivity index (χ0n) is 17.0. The SMILES string of the molecule is C[C@@H](c1ccccc1)N1C[C@@H](CF)[C@@H](CN(C(=O)OC(C)(C)C)C2CC2)C1. The second-order valence-corrected chi connectivity index (χ2v) is 9.08. The van der Waals surface area contributed by atoms with Crippen molar-refractivity contribution in [2.75, 3.05) is 26.3 Å². The first-order chi connectivity index (χ1) is 12.8. The predicted octanol–water partition coefficient (Wildman–Crippen LogP) is 4.66. The number of carbonyl (C=O) groups excluding carboxylic acids is 1. The van der Waals surface area contributed by atoms with E-state index >= 15 is 0 Å². The highest BCUT2D eigenvalue weighted by Crippen LogP contribution is 2.35. The minimum Gasteiger partial charge on any atom is -0.444 e. The molecule has 2 fully saturated rings. The van der Waals surface area contributed by atoms with Crippen LogP contribution in [0.1, 0.15) is 52.1 Å². The van der Waals surface area contributed by atoms with E-state index in [1.807, 2.05) is 43.9 Å². The number of likely N-dealkylation sites (tertiary alicyclic amines) is 1. The maximum atomic E-state index is 13.8. The molecule has 2 aliphatic rings. The molecule has 0 radical (unpaired) electrons. The number of carbonyl (C=O) groups is 1. The van der Waals surface area contributed by atoms with E-state index in [9.17, 15) is 9.18 Å². The molecule has 1 saturated heterocycles. The zero-order chi connectivity index (χ0) is 19.6. The molecule has 5 heteroatoms. The van der Waals surface area contributed by atoms with Crippen LogP contribution in [0.3, 0.4) is 0 Å². The molecule has 0 aromatic heterocycles. The molecule has 1 amide bonds. The number of benzene rings is 1. The molecular formula is C22H33FN2O2. The second-order valence-electron chi connectivity index (χ2n) is 9.08. The van der Waals surface area contributed by atoms with E-state index in [2.05, 4.69) is 24.0 Å². The molecule has 3 rings (SSSR count). The van der Waals surface area contributed by atoms with Gasteiger partial charge in [0.1, 0.15) is 5.60 Å². The number of ether oxygens (including phenoxy) is 1. The Bertz CT molecular complexity index is 627. The Kier molecular flexibility index (Phi) is 6.09. The number of hydrogen-bond donors (Lipinski definition) is 0. The van der Waals surface area contributed by atoms with Crippen LogP contribution >= 0.6 is 0 Å². The molecule has 0 spiro atoms. The van der Waals surface area contributed by atoms with E-state index in [4.69, 9.17) is 4.74 Å². The summed E-state index contributed by atoms with van der Waals surface area (Å²) in [6.45, 7) is 9.65. The van der Waals surface area contributed by atoms with Gasteiger partial charge >= 0.3 is 6.09 Å². The van der Waals surface area contributed by atoms with Gasteiger partial charge in [0.05, 0.1) is 6.67 Å². The zero-order valence-corrected chi connectivity index (χ0v) is 17.0. The Hall–Kier alpha value is -1.62. The lowest BCUT2D eigenvalue weighted by Crippen LogP contribution is -2.42. The van der Waals surface area contributed by atoms with Crippen LogP contribution in [0.25, 0.3) is 0 Å². The van der Waals surface area contributed by atoms with Crippen LogP contribution in [0, 0.1) is 11.8 Å². The molecule has 1 aromatic carbocycles. The van der Waals surface area contributed by atoms with Crippen molar-refractivity contribution >= 4 is 6.09 Å². The summed E-state index contributed by atoms with van der Waals surface area (Å²) in [7, 11) is 0. The Morgan fingerprint density at radius 2 is 1.85 bits per heavy atom. The minimum atomic E-state index is -0.507. The predicted molar refractivity (Wildman–Crippen MR) is 105 cm³/mol. The fourth-order valence-corrected chi connectivity index (χ4v) is 3.95. The van der Waals surface area contributed by atoms with E-state index < -0.39 is 5.60 Å². The molecule has 1 aromatic rings. The molecule has 0 unspecified atom stereocenters. The summed E-state index contributed by atoms with van der Waals surface area (Å²) in [5.74, 6) is 0.120. The van der Waals surface area contributed by atoms with E-state index in [-0.39, 0.29) is 36.7 Å². The van der Waals surface area contributed by atoms with Crippen molar-refractivity contribution in [3.05, 3.63) is 35.9 Å². The monoisotopic (exact) mass is 376 g/mol. The van der Waals surface area contributed by atoms with Crippen molar-refractivity contribution in [2.24, 2.45) is 11.8 Å². The Labute approximate surface area is 162 Å². The Morgan fingerprint density at radius 3 is 2.41 bits per heavy atom. The first-order valence-corrected chi connectivity index (χ1v) is 10.1. The molecule has 27 heavy (non-hydrogen) atoms. The van der Waals surface area contributed by atoms with E-state index in [1.54, 1.807) is 0 Å². The van der Waals surface area contributed by atoms with Crippen molar-refractivity contribution in [3.8, 4) is 0 Å². The second kappa shape index (κ2) is 8.17. The molecule has 0 N–H and O–H groups in total. The average Bonchev–Trinajstić information content (AvgIpc) is 3.37. The fraction of sp³-hybridized carbons (Fsp3) is 0.682. The summed E-state index contributed by atoms with van der Waals surface area (Å²) >= 11 is 0. The first kappa shape index (κ1) is 20.1. The highest BCUT2D eigenvalue weighted by atomic mass is 19.1. The third kappa shape index (κ3) is 5.22. The summed E-state index contributed by atoms with van der Waals surface area (Å²) in [5, 5.41) is 0. The van der Waals surface area contributed by atoms with E-state index in [1.165, 1.54) is 5.56 Å². The maximum absolute atomic E-state index is 13.8. The topological polar surface area (TPSA) is 32.8 Å². The lowest BCUT2D eigenvalue weighted by atomic mass is 9.97. The van der Waals surface area contributed by atoms with Crippen molar-refractivity contribution in [1.82, 2.24) is 9.80 Å². The van der Waals surface area contributed by atoms with Gasteiger partial charge in [-0.1, -0.05) is 30.3 Å². The summed E-state index contributed by atoms with van der Waals surface area (Å²) in [6, 6.07) is 10.9. The van der Waals surface area contributed by atoms with Crippen molar-refractivity contribution in [3.63, 3.8) is 0 Å². The Balaban J connectivity index is 1.66.